The van der Waals surface area contributed by atoms with E-state index in [1.54, 1.807) is 13.3 Å². The van der Waals surface area contributed by atoms with Crippen molar-refractivity contribution in [1.82, 2.24) is 10.2 Å². The Morgan fingerprint density at radius 2 is 1.80 bits per heavy atom. The summed E-state index contributed by atoms with van der Waals surface area (Å²) in [6, 6.07) is 19.2. The van der Waals surface area contributed by atoms with Gasteiger partial charge < -0.3 is 4.74 Å². The second-order valence-corrected chi connectivity index (χ2v) is 6.98. The molecule has 3 nitrogen and oxygen atoms in total. The lowest BCUT2D eigenvalue weighted by Crippen LogP contribution is -2.06. The molecule has 3 aromatic rings. The zero-order valence-corrected chi connectivity index (χ0v) is 16.0. The van der Waals surface area contributed by atoms with Gasteiger partial charge in [0, 0.05) is 16.0 Å². The van der Waals surface area contributed by atoms with Crippen LogP contribution in [0.3, 0.4) is 0 Å². The first kappa shape index (κ1) is 17.6. The lowest BCUT2D eigenvalue weighted by Gasteiger charge is -2.20. The van der Waals surface area contributed by atoms with Crippen LogP contribution in [-0.2, 0) is 6.42 Å². The number of ether oxygens (including phenoxy) is 1. The number of aryl methyl sites for hydroxylation is 2. The highest BCUT2D eigenvalue weighted by Gasteiger charge is 2.17. The van der Waals surface area contributed by atoms with Gasteiger partial charge in [-0.05, 0) is 54.7 Å². The molecule has 1 heterocycles. The van der Waals surface area contributed by atoms with E-state index in [0.29, 0.717) is 11.8 Å². The third-order valence-electron chi connectivity index (χ3n) is 4.50. The molecular formula is C21H21BrN2O. The summed E-state index contributed by atoms with van der Waals surface area (Å²) in [5.41, 5.74) is 5.09. The van der Waals surface area contributed by atoms with Crippen LogP contribution in [-0.4, -0.2) is 17.3 Å². The molecule has 4 heteroatoms. The molecule has 128 valence electrons. The smallest absolute Gasteiger partial charge is 0.236 e. The van der Waals surface area contributed by atoms with Gasteiger partial charge in [0.15, 0.2) is 0 Å². The number of nitrogens with zero attached hydrogens (tertiary/aromatic N) is 2. The second-order valence-electron chi connectivity index (χ2n) is 6.07. The Morgan fingerprint density at radius 1 is 1.04 bits per heavy atom. The fraction of sp³-hybridized carbons (Fsp3) is 0.238. The van der Waals surface area contributed by atoms with Crippen LogP contribution in [0.15, 0.2) is 65.3 Å². The summed E-state index contributed by atoms with van der Waals surface area (Å²) >= 11 is 3.53. The van der Waals surface area contributed by atoms with Gasteiger partial charge >= 0.3 is 0 Å². The first-order chi connectivity index (χ1) is 12.2. The van der Waals surface area contributed by atoms with Gasteiger partial charge in [-0.25, -0.2) is 0 Å². The molecule has 0 fully saturated rings. The molecule has 3 rings (SSSR count). The molecule has 0 bridgehead atoms. The minimum absolute atomic E-state index is 0.326. The lowest BCUT2D eigenvalue weighted by molar-refractivity contribution is 0.385. The molecule has 0 amide bonds. The fourth-order valence-corrected chi connectivity index (χ4v) is 3.45. The van der Waals surface area contributed by atoms with Crippen LogP contribution in [0.4, 0.5) is 0 Å². The van der Waals surface area contributed by atoms with E-state index in [1.807, 2.05) is 6.07 Å². The van der Waals surface area contributed by atoms with Gasteiger partial charge in [0.05, 0.1) is 13.3 Å². The van der Waals surface area contributed by atoms with Crippen molar-refractivity contribution < 1.29 is 4.74 Å². The Bertz CT molecular complexity index is 833. The van der Waals surface area contributed by atoms with E-state index in [1.165, 1.54) is 16.7 Å². The van der Waals surface area contributed by atoms with Crippen LogP contribution < -0.4 is 4.74 Å². The van der Waals surface area contributed by atoms with Crippen molar-refractivity contribution >= 4 is 15.9 Å². The van der Waals surface area contributed by atoms with E-state index in [4.69, 9.17) is 4.74 Å². The number of methoxy groups -OCH3 is 1. The van der Waals surface area contributed by atoms with Crippen molar-refractivity contribution in [3.8, 4) is 5.88 Å². The molecule has 0 aliphatic heterocycles. The first-order valence-electron chi connectivity index (χ1n) is 8.34. The quantitative estimate of drug-likeness (QED) is 0.565. The zero-order valence-electron chi connectivity index (χ0n) is 14.4. The van der Waals surface area contributed by atoms with Gasteiger partial charge in [0.25, 0.3) is 0 Å². The van der Waals surface area contributed by atoms with Gasteiger partial charge in [0.2, 0.25) is 5.88 Å². The van der Waals surface area contributed by atoms with E-state index in [0.717, 1.165) is 22.9 Å². The number of aromatic nitrogens is 2. The molecule has 0 spiro atoms. The Kier molecular flexibility index (Phi) is 5.82. The maximum Gasteiger partial charge on any atom is 0.236 e. The molecule has 1 atom stereocenters. The Labute approximate surface area is 157 Å². The van der Waals surface area contributed by atoms with Gasteiger partial charge in [-0.1, -0.05) is 52.3 Å². The van der Waals surface area contributed by atoms with Crippen LogP contribution in [0, 0.1) is 6.92 Å². The standard InChI is InChI=1S/C21H21BrN2O/c1-15-5-3-4-6-19(15)20(16-7-10-18(22)11-8-16)12-9-17-13-14-23-24-21(17)25-2/h3-8,10-11,13-14,20H,9,12H2,1-2H3/t20-/m0/s1. The fourth-order valence-electron chi connectivity index (χ4n) is 3.18. The van der Waals surface area contributed by atoms with Crippen molar-refractivity contribution in [2.24, 2.45) is 0 Å². The monoisotopic (exact) mass is 396 g/mol. The Balaban J connectivity index is 1.91. The summed E-state index contributed by atoms with van der Waals surface area (Å²) in [7, 11) is 1.64. The molecule has 0 radical (unpaired) electrons. The molecule has 0 saturated heterocycles. The molecule has 25 heavy (non-hydrogen) atoms. The maximum atomic E-state index is 5.35. The summed E-state index contributed by atoms with van der Waals surface area (Å²) in [4.78, 5) is 0. The second kappa shape index (κ2) is 8.26. The maximum absolute atomic E-state index is 5.35. The van der Waals surface area contributed by atoms with E-state index >= 15 is 0 Å². The van der Waals surface area contributed by atoms with E-state index < -0.39 is 0 Å². The van der Waals surface area contributed by atoms with Gasteiger partial charge in [-0.2, -0.15) is 5.10 Å². The van der Waals surface area contributed by atoms with Crippen molar-refractivity contribution in [3.05, 3.63) is 87.5 Å². The van der Waals surface area contributed by atoms with Gasteiger partial charge in [-0.15, -0.1) is 5.10 Å². The number of rotatable bonds is 6. The van der Waals surface area contributed by atoms with Crippen molar-refractivity contribution in [2.75, 3.05) is 7.11 Å². The summed E-state index contributed by atoms with van der Waals surface area (Å²) in [5.74, 6) is 0.939. The van der Waals surface area contributed by atoms with E-state index in [9.17, 15) is 0 Å². The van der Waals surface area contributed by atoms with Gasteiger partial charge in [-0.3, -0.25) is 0 Å². The Morgan fingerprint density at radius 3 is 2.52 bits per heavy atom. The predicted molar refractivity (Wildman–Crippen MR) is 104 cm³/mol. The lowest BCUT2D eigenvalue weighted by atomic mass is 9.84. The molecule has 1 aromatic heterocycles. The highest BCUT2D eigenvalue weighted by molar-refractivity contribution is 9.10. The zero-order chi connectivity index (χ0) is 17.6. The highest BCUT2D eigenvalue weighted by atomic mass is 79.9. The van der Waals surface area contributed by atoms with E-state index in [2.05, 4.69) is 81.6 Å². The third kappa shape index (κ3) is 4.26. The number of hydrogen-bond acceptors (Lipinski definition) is 3. The largest absolute Gasteiger partial charge is 0.480 e. The molecule has 0 aliphatic carbocycles. The summed E-state index contributed by atoms with van der Waals surface area (Å²) < 4.78 is 6.45. The summed E-state index contributed by atoms with van der Waals surface area (Å²) in [5, 5.41) is 7.97. The topological polar surface area (TPSA) is 35.0 Å². The Hall–Kier alpha value is -2.20. The summed E-state index contributed by atoms with van der Waals surface area (Å²) in [6.07, 6.45) is 3.59. The van der Waals surface area contributed by atoms with Crippen LogP contribution in [0.2, 0.25) is 0 Å². The van der Waals surface area contributed by atoms with Crippen LogP contribution in [0.1, 0.15) is 34.6 Å². The molecule has 0 saturated carbocycles. The molecule has 0 N–H and O–H groups in total. The van der Waals surface area contributed by atoms with Gasteiger partial charge in [0.1, 0.15) is 0 Å². The SMILES string of the molecule is COc1nnccc1CC[C@@H](c1ccc(Br)cc1)c1ccccc1C. The highest BCUT2D eigenvalue weighted by Crippen LogP contribution is 2.33. The molecule has 2 aromatic carbocycles. The minimum atomic E-state index is 0.326. The van der Waals surface area contributed by atoms with E-state index in [-0.39, 0.29) is 0 Å². The molecule has 0 unspecified atom stereocenters. The normalized spacial score (nSPS) is 12.0. The van der Waals surface area contributed by atoms with Crippen molar-refractivity contribution in [1.29, 1.82) is 0 Å². The van der Waals surface area contributed by atoms with Crippen LogP contribution in [0.5, 0.6) is 5.88 Å². The predicted octanol–water partition coefficient (Wildman–Crippen LogP) is 5.32. The van der Waals surface area contributed by atoms with Crippen LogP contribution >= 0.6 is 15.9 Å². The van der Waals surface area contributed by atoms with Crippen molar-refractivity contribution in [2.45, 2.75) is 25.7 Å². The summed E-state index contributed by atoms with van der Waals surface area (Å²) in [6.45, 7) is 2.18. The molecular weight excluding hydrogens is 376 g/mol. The third-order valence-corrected chi connectivity index (χ3v) is 5.03. The minimum Gasteiger partial charge on any atom is -0.480 e. The molecule has 0 aliphatic rings. The first-order valence-corrected chi connectivity index (χ1v) is 9.14. The number of benzene rings is 2. The number of hydrogen-bond donors (Lipinski definition) is 0. The van der Waals surface area contributed by atoms with Crippen LogP contribution in [0.25, 0.3) is 0 Å². The number of halogens is 1. The average molecular weight is 397 g/mol. The van der Waals surface area contributed by atoms with Crippen molar-refractivity contribution in [3.63, 3.8) is 0 Å². The average Bonchev–Trinajstić information content (AvgIpc) is 2.65.